The molecular weight excluding hydrogens is 401 g/mol. The van der Waals surface area contributed by atoms with E-state index in [0.717, 1.165) is 18.4 Å². The molecule has 1 aliphatic rings. The van der Waals surface area contributed by atoms with Gasteiger partial charge >= 0.3 is 0 Å². The molecule has 3 aromatic carbocycles. The van der Waals surface area contributed by atoms with Crippen LogP contribution in [0.1, 0.15) is 37.0 Å². The Kier molecular flexibility index (Phi) is 6.03. The molecule has 1 aliphatic heterocycles. The van der Waals surface area contributed by atoms with Crippen molar-refractivity contribution in [3.8, 4) is 28.4 Å². The van der Waals surface area contributed by atoms with Gasteiger partial charge in [0.2, 0.25) is 11.6 Å². The monoisotopic (exact) mass is 424 g/mol. The lowest BCUT2D eigenvalue weighted by Crippen LogP contribution is -2.10. The van der Waals surface area contributed by atoms with Gasteiger partial charge < -0.3 is 9.47 Å². The normalized spacial score (nSPS) is 12.4. The van der Waals surface area contributed by atoms with Crippen LogP contribution in [0, 0.1) is 17.5 Å². The van der Waals surface area contributed by atoms with Gasteiger partial charge in [0.05, 0.1) is 6.61 Å². The molecule has 1 heterocycles. The third-order valence-electron chi connectivity index (χ3n) is 5.37. The Morgan fingerprint density at radius 3 is 2.39 bits per heavy atom. The van der Waals surface area contributed by atoms with Crippen LogP contribution in [0.25, 0.3) is 11.1 Å². The highest BCUT2D eigenvalue weighted by Crippen LogP contribution is 2.44. The number of fused-ring (bicyclic) bond motifs is 2. The van der Waals surface area contributed by atoms with Gasteiger partial charge in [-0.15, -0.1) is 0 Å². The van der Waals surface area contributed by atoms with Crippen molar-refractivity contribution < 1.29 is 22.6 Å². The van der Waals surface area contributed by atoms with Gasteiger partial charge in [0.1, 0.15) is 0 Å². The molecule has 0 bridgehead atoms. The average molecular weight is 424 g/mol. The summed E-state index contributed by atoms with van der Waals surface area (Å²) >= 11 is 0. The molecule has 0 aromatic heterocycles. The van der Waals surface area contributed by atoms with Crippen LogP contribution in [-0.4, -0.2) is 6.61 Å². The van der Waals surface area contributed by atoms with Gasteiger partial charge in [0.25, 0.3) is 0 Å². The predicted octanol–water partition coefficient (Wildman–Crippen LogP) is 7.37. The number of aryl methyl sites for hydroxylation is 1. The summed E-state index contributed by atoms with van der Waals surface area (Å²) in [7, 11) is 0. The van der Waals surface area contributed by atoms with Crippen molar-refractivity contribution in [2.75, 3.05) is 6.61 Å². The fourth-order valence-corrected chi connectivity index (χ4v) is 3.78. The number of hydrogen-bond acceptors (Lipinski definition) is 2. The van der Waals surface area contributed by atoms with E-state index < -0.39 is 17.5 Å². The summed E-state index contributed by atoms with van der Waals surface area (Å²) in [5.41, 5.74) is 2.90. The topological polar surface area (TPSA) is 18.5 Å². The van der Waals surface area contributed by atoms with Crippen LogP contribution in [0.5, 0.6) is 17.2 Å². The molecule has 2 nitrogen and oxygen atoms in total. The maximum absolute atomic E-state index is 14.9. The molecule has 0 unspecified atom stereocenters. The van der Waals surface area contributed by atoms with Crippen molar-refractivity contribution in [3.63, 3.8) is 0 Å². The fraction of sp³-hybridized carbons (Fsp3) is 0.231. The van der Waals surface area contributed by atoms with Crippen molar-refractivity contribution in [1.29, 1.82) is 0 Å². The first-order valence-corrected chi connectivity index (χ1v) is 10.4. The average Bonchev–Trinajstić information content (AvgIpc) is 2.78. The van der Waals surface area contributed by atoms with Crippen molar-refractivity contribution in [2.24, 2.45) is 0 Å². The molecule has 0 saturated heterocycles. The Balaban J connectivity index is 1.67. The molecule has 160 valence electrons. The van der Waals surface area contributed by atoms with Crippen molar-refractivity contribution in [2.45, 2.75) is 33.1 Å². The number of allylic oxidation sites excluding steroid dienone is 2. The highest BCUT2D eigenvalue weighted by atomic mass is 19.2. The molecule has 4 rings (SSSR count). The summed E-state index contributed by atoms with van der Waals surface area (Å²) < 4.78 is 55.3. The second-order valence-electron chi connectivity index (χ2n) is 7.42. The van der Waals surface area contributed by atoms with Gasteiger partial charge in [-0.25, -0.2) is 4.39 Å². The van der Waals surface area contributed by atoms with Gasteiger partial charge in [-0.05, 0) is 49.9 Å². The van der Waals surface area contributed by atoms with E-state index in [-0.39, 0.29) is 35.8 Å². The highest BCUT2D eigenvalue weighted by molar-refractivity contribution is 5.69. The Morgan fingerprint density at radius 1 is 0.935 bits per heavy atom. The van der Waals surface area contributed by atoms with Crippen LogP contribution in [0.3, 0.4) is 0 Å². The molecule has 3 aromatic rings. The van der Waals surface area contributed by atoms with Crippen LogP contribution in [0.2, 0.25) is 0 Å². The Hall–Kier alpha value is -3.21. The number of halogens is 3. The Bertz CT molecular complexity index is 1130. The zero-order chi connectivity index (χ0) is 22.0. The van der Waals surface area contributed by atoms with E-state index in [2.05, 4.69) is 6.08 Å². The lowest BCUT2D eigenvalue weighted by molar-refractivity contribution is 0.310. The second kappa shape index (κ2) is 8.88. The molecule has 0 atom stereocenters. The quantitative estimate of drug-likeness (QED) is 0.301. The molecule has 5 heteroatoms. The lowest BCUT2D eigenvalue weighted by Gasteiger charge is -2.23. The van der Waals surface area contributed by atoms with E-state index in [1.165, 1.54) is 6.07 Å². The zero-order valence-corrected chi connectivity index (χ0v) is 17.5. The van der Waals surface area contributed by atoms with E-state index in [1.54, 1.807) is 31.2 Å². The minimum Gasteiger partial charge on any atom is -0.491 e. The van der Waals surface area contributed by atoms with Crippen LogP contribution >= 0.6 is 0 Å². The highest BCUT2D eigenvalue weighted by Gasteiger charge is 2.29. The lowest BCUT2D eigenvalue weighted by atomic mass is 9.94. The van der Waals surface area contributed by atoms with Crippen LogP contribution in [0.15, 0.2) is 54.6 Å². The van der Waals surface area contributed by atoms with E-state index in [0.29, 0.717) is 16.7 Å². The first-order valence-electron chi connectivity index (χ1n) is 10.4. The summed E-state index contributed by atoms with van der Waals surface area (Å²) in [6.45, 7) is 4.00. The summed E-state index contributed by atoms with van der Waals surface area (Å²) in [5.74, 6) is -3.19. The van der Waals surface area contributed by atoms with E-state index in [1.807, 2.05) is 25.1 Å². The summed E-state index contributed by atoms with van der Waals surface area (Å²) in [6, 6.07) is 12.2. The molecule has 0 N–H and O–H groups in total. The molecule has 0 fully saturated rings. The molecular formula is C26H23F3O2. The van der Waals surface area contributed by atoms with Crippen LogP contribution in [0.4, 0.5) is 13.2 Å². The van der Waals surface area contributed by atoms with Crippen molar-refractivity contribution >= 4 is 0 Å². The molecule has 31 heavy (non-hydrogen) atoms. The maximum Gasteiger partial charge on any atom is 0.207 e. The van der Waals surface area contributed by atoms with Gasteiger partial charge in [-0.2, -0.15) is 8.78 Å². The zero-order valence-electron chi connectivity index (χ0n) is 17.5. The summed E-state index contributed by atoms with van der Waals surface area (Å²) in [6.07, 6.45) is 6.13. The summed E-state index contributed by atoms with van der Waals surface area (Å²) in [4.78, 5) is 0. The number of hydrogen-bond donors (Lipinski definition) is 0. The number of benzene rings is 3. The second-order valence-corrected chi connectivity index (χ2v) is 7.42. The Labute approximate surface area is 179 Å². The van der Waals surface area contributed by atoms with E-state index in [4.69, 9.17) is 9.47 Å². The predicted molar refractivity (Wildman–Crippen MR) is 115 cm³/mol. The largest absolute Gasteiger partial charge is 0.491 e. The number of ether oxygens (including phenoxy) is 2. The van der Waals surface area contributed by atoms with E-state index in [9.17, 15) is 13.2 Å². The van der Waals surface area contributed by atoms with Gasteiger partial charge in [0.15, 0.2) is 23.1 Å². The molecule has 0 radical (unpaired) electrons. The smallest absolute Gasteiger partial charge is 0.207 e. The first kappa shape index (κ1) is 21.0. The van der Waals surface area contributed by atoms with Crippen LogP contribution < -0.4 is 9.47 Å². The van der Waals surface area contributed by atoms with Gasteiger partial charge in [-0.1, -0.05) is 42.5 Å². The standard InChI is InChI=1S/C26H23F3O2/c1-3-5-6-7-16-8-10-17(11-9-16)20-15-19-14-18-12-13-21(30-4-2)23(28)25(18)31-26(19)24(29)22(20)27/h3,5,8-13,15H,4,6-7,14H2,1-2H3/b5-3+. The molecule has 0 amide bonds. The minimum absolute atomic E-state index is 0.0247. The van der Waals surface area contributed by atoms with Gasteiger partial charge in [0, 0.05) is 23.1 Å². The van der Waals surface area contributed by atoms with Crippen molar-refractivity contribution in [1.82, 2.24) is 0 Å². The van der Waals surface area contributed by atoms with Gasteiger partial charge in [-0.3, -0.25) is 0 Å². The van der Waals surface area contributed by atoms with E-state index >= 15 is 0 Å². The molecule has 0 spiro atoms. The SMILES string of the molecule is C/C=C/CCc1ccc(-c2cc3c(c(F)c2F)Oc2c(ccc(OCC)c2F)C3)cc1. The number of rotatable bonds is 6. The third kappa shape index (κ3) is 4.05. The third-order valence-corrected chi connectivity index (χ3v) is 5.37. The fourth-order valence-electron chi connectivity index (χ4n) is 3.78. The first-order chi connectivity index (χ1) is 15.0. The minimum atomic E-state index is -1.11. The Morgan fingerprint density at radius 2 is 1.68 bits per heavy atom. The summed E-state index contributed by atoms with van der Waals surface area (Å²) in [5, 5.41) is 0. The maximum atomic E-state index is 14.9. The molecule has 0 aliphatic carbocycles. The van der Waals surface area contributed by atoms with Crippen molar-refractivity contribution in [3.05, 3.63) is 88.8 Å². The van der Waals surface area contributed by atoms with Crippen LogP contribution in [-0.2, 0) is 12.8 Å². The molecule has 0 saturated carbocycles.